The molecule has 0 aliphatic rings. The Bertz CT molecular complexity index is 607. The molecule has 0 saturated heterocycles. The molecule has 0 aliphatic heterocycles. The highest BCUT2D eigenvalue weighted by Gasteiger charge is 2.13. The van der Waals surface area contributed by atoms with Gasteiger partial charge in [-0.05, 0) is 26.0 Å². The van der Waals surface area contributed by atoms with Crippen molar-refractivity contribution in [1.29, 1.82) is 0 Å². The predicted molar refractivity (Wildman–Crippen MR) is 75.2 cm³/mol. The molecule has 0 amide bonds. The summed E-state index contributed by atoms with van der Waals surface area (Å²) in [5.41, 5.74) is 2.22. The molecule has 18 heavy (non-hydrogen) atoms. The number of halogens is 2. The molecule has 0 aliphatic carbocycles. The van der Waals surface area contributed by atoms with Crippen molar-refractivity contribution in [2.45, 2.75) is 20.4 Å². The summed E-state index contributed by atoms with van der Waals surface area (Å²) in [5, 5.41) is 4.87. The zero-order chi connectivity index (χ0) is 13.3. The highest BCUT2D eigenvalue weighted by molar-refractivity contribution is 9.10. The number of nitrogens with zero attached hydrogens (tertiary/aromatic N) is 2. The minimum atomic E-state index is 0.0126. The van der Waals surface area contributed by atoms with Crippen molar-refractivity contribution in [3.05, 3.63) is 50.7 Å². The van der Waals surface area contributed by atoms with E-state index in [1.165, 1.54) is 0 Å². The summed E-state index contributed by atoms with van der Waals surface area (Å²) in [5.74, 6) is 0.0126. The van der Waals surface area contributed by atoms with Gasteiger partial charge in [0.2, 0.25) is 0 Å². The Kier molecular flexibility index (Phi) is 3.88. The van der Waals surface area contributed by atoms with Crippen molar-refractivity contribution in [2.24, 2.45) is 0 Å². The molecule has 0 radical (unpaired) electrons. The molecular weight excluding hydrogens is 316 g/mol. The number of hydrogen-bond donors (Lipinski definition) is 0. The largest absolute Gasteiger partial charge is 0.292 e. The number of ketones is 1. The Hall–Kier alpha value is -1.13. The van der Waals surface area contributed by atoms with Gasteiger partial charge in [0.25, 0.3) is 0 Å². The number of carbonyl (C=O) groups is 1. The van der Waals surface area contributed by atoms with E-state index in [-0.39, 0.29) is 12.3 Å². The van der Waals surface area contributed by atoms with Crippen LogP contribution in [0.3, 0.4) is 0 Å². The summed E-state index contributed by atoms with van der Waals surface area (Å²) in [6, 6.07) is 7.32. The molecule has 2 rings (SSSR count). The number of rotatable bonds is 3. The lowest BCUT2D eigenvalue weighted by Gasteiger charge is -2.04. The smallest absolute Gasteiger partial charge is 0.184 e. The number of aryl methyl sites for hydroxylation is 1. The molecule has 1 aromatic carbocycles. The van der Waals surface area contributed by atoms with Gasteiger partial charge in [0, 0.05) is 10.0 Å². The molecule has 0 spiro atoms. The Labute approximate surface area is 119 Å². The third-order valence-electron chi connectivity index (χ3n) is 2.73. The molecule has 5 heteroatoms. The van der Waals surface area contributed by atoms with Crippen molar-refractivity contribution in [3.8, 4) is 0 Å². The van der Waals surface area contributed by atoms with Crippen molar-refractivity contribution >= 4 is 33.3 Å². The van der Waals surface area contributed by atoms with Crippen LogP contribution >= 0.6 is 27.5 Å². The first-order valence-corrected chi connectivity index (χ1v) is 6.64. The molecule has 2 aromatic rings. The van der Waals surface area contributed by atoms with Crippen LogP contribution in [0, 0.1) is 13.8 Å². The van der Waals surface area contributed by atoms with Crippen molar-refractivity contribution in [2.75, 3.05) is 0 Å². The Morgan fingerprint density at radius 3 is 2.72 bits per heavy atom. The van der Waals surface area contributed by atoms with E-state index in [1.54, 1.807) is 16.8 Å². The van der Waals surface area contributed by atoms with E-state index in [9.17, 15) is 4.79 Å². The van der Waals surface area contributed by atoms with Gasteiger partial charge in [0.15, 0.2) is 5.78 Å². The van der Waals surface area contributed by atoms with E-state index in [1.807, 2.05) is 26.0 Å². The van der Waals surface area contributed by atoms with Crippen LogP contribution < -0.4 is 0 Å². The quantitative estimate of drug-likeness (QED) is 0.804. The lowest BCUT2D eigenvalue weighted by molar-refractivity contribution is 0.0966. The third kappa shape index (κ3) is 2.65. The van der Waals surface area contributed by atoms with E-state index in [4.69, 9.17) is 11.6 Å². The highest BCUT2D eigenvalue weighted by Crippen LogP contribution is 2.19. The maximum Gasteiger partial charge on any atom is 0.184 e. The van der Waals surface area contributed by atoms with Gasteiger partial charge in [-0.25, -0.2) is 0 Å². The van der Waals surface area contributed by atoms with Gasteiger partial charge in [-0.15, -0.1) is 0 Å². The predicted octanol–water partition coefficient (Wildman–Crippen LogP) is 3.80. The fraction of sp³-hybridized carbons (Fsp3) is 0.231. The van der Waals surface area contributed by atoms with Crippen LogP contribution in [-0.2, 0) is 6.54 Å². The molecule has 1 heterocycles. The SMILES string of the molecule is Cc1nn(CC(=O)c2cccc(Br)c2)c(C)c1Cl. The van der Waals surface area contributed by atoms with E-state index >= 15 is 0 Å². The molecule has 0 unspecified atom stereocenters. The van der Waals surface area contributed by atoms with Crippen LogP contribution in [0.1, 0.15) is 21.7 Å². The molecule has 0 bridgehead atoms. The van der Waals surface area contributed by atoms with E-state index in [0.717, 1.165) is 15.9 Å². The lowest BCUT2D eigenvalue weighted by Crippen LogP contribution is -2.13. The third-order valence-corrected chi connectivity index (χ3v) is 3.77. The summed E-state index contributed by atoms with van der Waals surface area (Å²) in [4.78, 5) is 12.1. The fourth-order valence-corrected chi connectivity index (χ4v) is 2.25. The summed E-state index contributed by atoms with van der Waals surface area (Å²) in [6.07, 6.45) is 0. The first kappa shape index (κ1) is 13.3. The Morgan fingerprint density at radius 2 is 2.17 bits per heavy atom. The minimum absolute atomic E-state index is 0.0126. The summed E-state index contributed by atoms with van der Waals surface area (Å²) in [6.45, 7) is 3.89. The van der Waals surface area contributed by atoms with E-state index in [0.29, 0.717) is 10.6 Å². The minimum Gasteiger partial charge on any atom is -0.292 e. The van der Waals surface area contributed by atoms with Crippen LogP contribution in [0.5, 0.6) is 0 Å². The maximum absolute atomic E-state index is 12.1. The number of Topliss-reactive ketones (excluding diaryl/α,β-unsaturated/α-hetero) is 1. The average molecular weight is 328 g/mol. The maximum atomic E-state index is 12.1. The molecule has 0 saturated carbocycles. The number of carbonyl (C=O) groups excluding carboxylic acids is 1. The standard InChI is InChI=1S/C13H12BrClN2O/c1-8-13(15)9(2)17(16-8)7-12(18)10-4-3-5-11(14)6-10/h3-6H,7H2,1-2H3. The van der Waals surface area contributed by atoms with Gasteiger partial charge < -0.3 is 0 Å². The summed E-state index contributed by atoms with van der Waals surface area (Å²) < 4.78 is 2.53. The molecule has 94 valence electrons. The van der Waals surface area contributed by atoms with Crippen molar-refractivity contribution < 1.29 is 4.79 Å². The Balaban J connectivity index is 2.24. The lowest BCUT2D eigenvalue weighted by atomic mass is 10.1. The van der Waals surface area contributed by atoms with Gasteiger partial charge in [-0.2, -0.15) is 5.10 Å². The molecular formula is C13H12BrClN2O. The van der Waals surface area contributed by atoms with E-state index in [2.05, 4.69) is 21.0 Å². The fourth-order valence-electron chi connectivity index (χ4n) is 1.72. The van der Waals surface area contributed by atoms with Gasteiger partial charge >= 0.3 is 0 Å². The van der Waals surface area contributed by atoms with E-state index < -0.39 is 0 Å². The van der Waals surface area contributed by atoms with Crippen molar-refractivity contribution in [3.63, 3.8) is 0 Å². The highest BCUT2D eigenvalue weighted by atomic mass is 79.9. The monoisotopic (exact) mass is 326 g/mol. The molecule has 1 aromatic heterocycles. The van der Waals surface area contributed by atoms with Crippen LogP contribution in [0.15, 0.2) is 28.7 Å². The molecule has 0 atom stereocenters. The second-order valence-corrected chi connectivity index (χ2v) is 5.37. The molecule has 0 fully saturated rings. The molecule has 0 N–H and O–H groups in total. The Morgan fingerprint density at radius 1 is 1.44 bits per heavy atom. The van der Waals surface area contributed by atoms with Crippen LogP contribution in [-0.4, -0.2) is 15.6 Å². The van der Waals surface area contributed by atoms with Gasteiger partial charge in [0.1, 0.15) is 6.54 Å². The van der Waals surface area contributed by atoms with Gasteiger partial charge in [-0.1, -0.05) is 39.7 Å². The van der Waals surface area contributed by atoms with Crippen LogP contribution in [0.4, 0.5) is 0 Å². The first-order chi connectivity index (χ1) is 8.49. The second kappa shape index (κ2) is 5.24. The van der Waals surface area contributed by atoms with Gasteiger partial charge in [0.05, 0.1) is 16.4 Å². The van der Waals surface area contributed by atoms with Crippen LogP contribution in [0.2, 0.25) is 5.02 Å². The average Bonchev–Trinajstić information content (AvgIpc) is 2.57. The zero-order valence-corrected chi connectivity index (χ0v) is 12.4. The van der Waals surface area contributed by atoms with Gasteiger partial charge in [-0.3, -0.25) is 9.48 Å². The second-order valence-electron chi connectivity index (χ2n) is 4.08. The number of hydrogen-bond acceptors (Lipinski definition) is 2. The molecule has 3 nitrogen and oxygen atoms in total. The summed E-state index contributed by atoms with van der Waals surface area (Å²) in [7, 11) is 0. The number of benzene rings is 1. The van der Waals surface area contributed by atoms with Crippen LogP contribution in [0.25, 0.3) is 0 Å². The number of aromatic nitrogens is 2. The zero-order valence-electron chi connectivity index (χ0n) is 10.1. The topological polar surface area (TPSA) is 34.9 Å². The normalized spacial score (nSPS) is 10.7. The van der Waals surface area contributed by atoms with Crippen molar-refractivity contribution in [1.82, 2.24) is 9.78 Å². The first-order valence-electron chi connectivity index (χ1n) is 5.47. The summed E-state index contributed by atoms with van der Waals surface area (Å²) >= 11 is 9.40.